The minimum Gasteiger partial charge on any atom is -0.494 e. The summed E-state index contributed by atoms with van der Waals surface area (Å²) in [6.07, 6.45) is 4.99. The second-order valence-corrected chi connectivity index (χ2v) is 15.0. The van der Waals surface area contributed by atoms with Gasteiger partial charge in [0.05, 0.1) is 34.1 Å². The average molecular weight is 629 g/mol. The van der Waals surface area contributed by atoms with Gasteiger partial charge in [-0.3, -0.25) is 0 Å². The fourth-order valence-corrected chi connectivity index (χ4v) is 7.61. The second kappa shape index (κ2) is 13.2. The molecule has 2 fully saturated rings. The topological polar surface area (TPSA) is 99.7 Å². The molecule has 2 aliphatic heterocycles. The number of nitrogens with zero attached hydrogens (tertiary/aromatic N) is 4. The highest BCUT2D eigenvalue weighted by Crippen LogP contribution is 2.35. The van der Waals surface area contributed by atoms with Gasteiger partial charge in [0.1, 0.15) is 11.6 Å². The van der Waals surface area contributed by atoms with Crippen molar-refractivity contribution < 1.29 is 13.2 Å². The minimum atomic E-state index is -3.52. The normalized spacial score (nSPS) is 17.1. The van der Waals surface area contributed by atoms with E-state index in [1.807, 2.05) is 36.4 Å². The lowest BCUT2D eigenvalue weighted by Crippen LogP contribution is -2.47. The van der Waals surface area contributed by atoms with Crippen molar-refractivity contribution in [3.8, 4) is 5.75 Å². The Bertz CT molecular complexity index is 1750. The molecular formula is C35H44N6O3S. The van der Waals surface area contributed by atoms with E-state index in [1.54, 1.807) is 39.2 Å². The molecule has 45 heavy (non-hydrogen) atoms. The highest BCUT2D eigenvalue weighted by molar-refractivity contribution is 7.92. The minimum absolute atomic E-state index is 0.240. The molecule has 3 heterocycles. The third-order valence-corrected chi connectivity index (χ3v) is 11.5. The number of para-hydroxylation sites is 2. The summed E-state index contributed by atoms with van der Waals surface area (Å²) in [7, 11) is -1.84. The van der Waals surface area contributed by atoms with E-state index in [-0.39, 0.29) is 4.90 Å². The SMILES string of the molecule is COc1cc(N2CCC(N3CCC(C)CC3)CC2)ccc1Nc1nc(Nc2ccccc2S(=O)(=O)C(C)C)c2ccccc2n1. The Morgan fingerprint density at radius 1 is 0.844 bits per heavy atom. The van der Waals surface area contributed by atoms with Gasteiger partial charge < -0.3 is 25.2 Å². The number of methoxy groups -OCH3 is 1. The fourth-order valence-electron chi connectivity index (χ4n) is 6.41. The highest BCUT2D eigenvalue weighted by Gasteiger charge is 2.28. The largest absolute Gasteiger partial charge is 0.494 e. The summed E-state index contributed by atoms with van der Waals surface area (Å²) in [5.41, 5.74) is 3.10. The number of likely N-dealkylation sites (tertiary alicyclic amines) is 1. The van der Waals surface area contributed by atoms with Crippen LogP contribution in [-0.2, 0) is 9.84 Å². The lowest BCUT2D eigenvalue weighted by atomic mass is 9.95. The van der Waals surface area contributed by atoms with E-state index in [9.17, 15) is 8.42 Å². The molecule has 0 aliphatic carbocycles. The molecule has 0 atom stereocenters. The Morgan fingerprint density at radius 2 is 1.56 bits per heavy atom. The fraction of sp³-hybridized carbons (Fsp3) is 0.429. The van der Waals surface area contributed by atoms with Crippen molar-refractivity contribution in [1.29, 1.82) is 0 Å². The number of benzene rings is 3. The number of anilines is 5. The molecule has 2 saturated heterocycles. The first-order chi connectivity index (χ1) is 21.7. The molecule has 0 saturated carbocycles. The maximum atomic E-state index is 13.1. The van der Waals surface area contributed by atoms with Crippen molar-refractivity contribution >= 4 is 49.6 Å². The molecule has 0 unspecified atom stereocenters. The van der Waals surface area contributed by atoms with Crippen LogP contribution in [0.15, 0.2) is 71.6 Å². The van der Waals surface area contributed by atoms with Crippen molar-refractivity contribution in [2.24, 2.45) is 5.92 Å². The molecule has 9 nitrogen and oxygen atoms in total. The smallest absolute Gasteiger partial charge is 0.229 e. The molecular weight excluding hydrogens is 584 g/mol. The van der Waals surface area contributed by atoms with Crippen LogP contribution in [0.5, 0.6) is 5.75 Å². The molecule has 6 rings (SSSR count). The number of sulfone groups is 1. The summed E-state index contributed by atoms with van der Waals surface area (Å²) in [6.45, 7) is 10.3. The molecule has 0 bridgehead atoms. The van der Waals surface area contributed by atoms with Crippen LogP contribution in [0.4, 0.5) is 28.8 Å². The van der Waals surface area contributed by atoms with E-state index in [4.69, 9.17) is 14.7 Å². The lowest BCUT2D eigenvalue weighted by molar-refractivity contribution is 0.120. The Balaban J connectivity index is 1.23. The standard InChI is InChI=1S/C35H44N6O3S/c1-24(2)45(42,43)33-12-8-7-11-31(33)36-34-28-9-5-6-10-29(28)37-35(39-34)38-30-14-13-27(23-32(30)44-4)41-21-17-26(18-22-41)40-19-15-25(3)16-20-40/h5-14,23-26H,15-22H2,1-4H3,(H2,36,37,38,39). The third kappa shape index (κ3) is 6.72. The molecule has 238 valence electrons. The molecule has 2 N–H and O–H groups in total. The van der Waals surface area contributed by atoms with Gasteiger partial charge >= 0.3 is 0 Å². The van der Waals surface area contributed by atoms with Crippen LogP contribution >= 0.6 is 0 Å². The predicted octanol–water partition coefficient (Wildman–Crippen LogP) is 7.01. The summed E-state index contributed by atoms with van der Waals surface area (Å²) >= 11 is 0. The van der Waals surface area contributed by atoms with Gasteiger partial charge in [-0.25, -0.2) is 13.4 Å². The van der Waals surface area contributed by atoms with Crippen molar-refractivity contribution in [1.82, 2.24) is 14.9 Å². The number of piperidine rings is 2. The van der Waals surface area contributed by atoms with Gasteiger partial charge in [-0.15, -0.1) is 0 Å². The molecule has 0 radical (unpaired) electrons. The van der Waals surface area contributed by atoms with E-state index in [1.165, 1.54) is 38.8 Å². The van der Waals surface area contributed by atoms with E-state index >= 15 is 0 Å². The lowest BCUT2D eigenvalue weighted by Gasteiger charge is -2.42. The summed E-state index contributed by atoms with van der Waals surface area (Å²) in [4.78, 5) is 15.0. The molecule has 4 aromatic rings. The number of ether oxygens (including phenoxy) is 1. The summed E-state index contributed by atoms with van der Waals surface area (Å²) < 4.78 is 32.1. The number of hydrogen-bond donors (Lipinski definition) is 2. The van der Waals surface area contributed by atoms with E-state index < -0.39 is 15.1 Å². The molecule has 2 aliphatic rings. The molecule has 0 amide bonds. The Labute approximate surface area is 266 Å². The zero-order valence-corrected chi connectivity index (χ0v) is 27.5. The van der Waals surface area contributed by atoms with Gasteiger partial charge in [-0.05, 0) is 94.9 Å². The Kier molecular flexibility index (Phi) is 9.14. The van der Waals surface area contributed by atoms with Crippen molar-refractivity contribution in [3.63, 3.8) is 0 Å². The maximum Gasteiger partial charge on any atom is 0.229 e. The van der Waals surface area contributed by atoms with Crippen LogP contribution < -0.4 is 20.3 Å². The molecule has 0 spiro atoms. The van der Waals surface area contributed by atoms with Gasteiger partial charge in [0.25, 0.3) is 0 Å². The van der Waals surface area contributed by atoms with Crippen LogP contribution in [0.1, 0.15) is 46.5 Å². The Morgan fingerprint density at radius 3 is 2.29 bits per heavy atom. The van der Waals surface area contributed by atoms with Crippen molar-refractivity contribution in [2.45, 2.75) is 62.6 Å². The monoisotopic (exact) mass is 628 g/mol. The summed E-state index contributed by atoms with van der Waals surface area (Å²) in [5.74, 6) is 2.45. The first-order valence-corrected chi connectivity index (χ1v) is 17.6. The van der Waals surface area contributed by atoms with Crippen LogP contribution in [0, 0.1) is 5.92 Å². The molecule has 1 aromatic heterocycles. The van der Waals surface area contributed by atoms with Gasteiger partial charge in [-0.1, -0.05) is 31.2 Å². The van der Waals surface area contributed by atoms with Crippen LogP contribution in [0.25, 0.3) is 10.9 Å². The Hall–Kier alpha value is -3.89. The number of nitrogens with one attached hydrogen (secondary N) is 2. The van der Waals surface area contributed by atoms with E-state index in [0.717, 1.165) is 41.3 Å². The van der Waals surface area contributed by atoms with E-state index in [2.05, 4.69) is 39.5 Å². The number of hydrogen-bond acceptors (Lipinski definition) is 9. The first kappa shape index (κ1) is 31.1. The van der Waals surface area contributed by atoms with Gasteiger partial charge in [0.15, 0.2) is 9.84 Å². The average Bonchev–Trinajstić information content (AvgIpc) is 3.05. The number of rotatable bonds is 9. The third-order valence-electron chi connectivity index (χ3n) is 9.27. The number of fused-ring (bicyclic) bond motifs is 1. The van der Waals surface area contributed by atoms with E-state index in [0.29, 0.717) is 29.2 Å². The van der Waals surface area contributed by atoms with Crippen LogP contribution in [0.3, 0.4) is 0 Å². The zero-order chi connectivity index (χ0) is 31.6. The van der Waals surface area contributed by atoms with Gasteiger partial charge in [0.2, 0.25) is 5.95 Å². The first-order valence-electron chi connectivity index (χ1n) is 16.0. The maximum absolute atomic E-state index is 13.1. The van der Waals surface area contributed by atoms with Crippen molar-refractivity contribution in [3.05, 3.63) is 66.7 Å². The highest BCUT2D eigenvalue weighted by atomic mass is 32.2. The van der Waals surface area contributed by atoms with Crippen LogP contribution in [-0.4, -0.2) is 67.9 Å². The van der Waals surface area contributed by atoms with Crippen molar-refractivity contribution in [2.75, 3.05) is 48.8 Å². The molecule has 3 aromatic carbocycles. The zero-order valence-electron chi connectivity index (χ0n) is 26.7. The van der Waals surface area contributed by atoms with Crippen LogP contribution in [0.2, 0.25) is 0 Å². The quantitative estimate of drug-likeness (QED) is 0.203. The number of aromatic nitrogens is 2. The second-order valence-electron chi connectivity index (χ2n) is 12.6. The summed E-state index contributed by atoms with van der Waals surface area (Å²) in [6, 6.07) is 21.5. The molecule has 10 heteroatoms. The summed E-state index contributed by atoms with van der Waals surface area (Å²) in [5, 5.41) is 6.89. The van der Waals surface area contributed by atoms with Gasteiger partial charge in [-0.2, -0.15) is 4.98 Å². The predicted molar refractivity (Wildman–Crippen MR) is 183 cm³/mol. The van der Waals surface area contributed by atoms with Gasteiger partial charge in [0, 0.05) is 36.3 Å².